The Morgan fingerprint density at radius 1 is 1.27 bits per heavy atom. The molecule has 6 nitrogen and oxygen atoms in total. The Balaban J connectivity index is 2.45. The van der Waals surface area contributed by atoms with Gasteiger partial charge in [-0.05, 0) is 44.9 Å². The molecule has 0 bridgehead atoms. The van der Waals surface area contributed by atoms with Crippen molar-refractivity contribution in [3.8, 4) is 5.75 Å². The van der Waals surface area contributed by atoms with Crippen LogP contribution in [0.3, 0.4) is 0 Å². The molecule has 1 aliphatic heterocycles. The van der Waals surface area contributed by atoms with Crippen molar-refractivity contribution < 1.29 is 19.1 Å². The summed E-state index contributed by atoms with van der Waals surface area (Å²) in [5, 5.41) is 5.91. The second kappa shape index (κ2) is 8.64. The molecule has 2 amide bonds. The molecule has 0 saturated carbocycles. The third-order valence-electron chi connectivity index (χ3n) is 3.63. The summed E-state index contributed by atoms with van der Waals surface area (Å²) in [4.78, 5) is 24.4. The Labute approximate surface area is 162 Å². The quantitative estimate of drug-likeness (QED) is 0.695. The van der Waals surface area contributed by atoms with Crippen LogP contribution in [0.5, 0.6) is 5.75 Å². The number of halogens is 2. The summed E-state index contributed by atoms with van der Waals surface area (Å²) < 4.78 is 10.9. The monoisotopic (exact) mass is 400 g/mol. The Bertz CT molecular complexity index is 724. The maximum absolute atomic E-state index is 12.5. The van der Waals surface area contributed by atoms with E-state index in [-0.39, 0.29) is 6.10 Å². The number of benzene rings is 1. The van der Waals surface area contributed by atoms with E-state index in [9.17, 15) is 9.59 Å². The van der Waals surface area contributed by atoms with Gasteiger partial charge in [-0.25, -0.2) is 9.59 Å². The van der Waals surface area contributed by atoms with Gasteiger partial charge in [-0.3, -0.25) is 0 Å². The van der Waals surface area contributed by atoms with Crippen LogP contribution in [0.2, 0.25) is 10.0 Å². The number of carbonyl (C=O) groups excluding carboxylic acids is 2. The Kier molecular flexibility index (Phi) is 6.78. The summed E-state index contributed by atoms with van der Waals surface area (Å²) in [6, 6.07) is 2.11. The zero-order chi connectivity index (χ0) is 19.4. The van der Waals surface area contributed by atoms with Crippen LogP contribution in [0, 0.1) is 0 Å². The predicted molar refractivity (Wildman–Crippen MR) is 101 cm³/mol. The van der Waals surface area contributed by atoms with E-state index in [1.807, 2.05) is 20.8 Å². The fourth-order valence-corrected chi connectivity index (χ4v) is 3.17. The number of carbonyl (C=O) groups is 2. The number of hydrogen-bond acceptors (Lipinski definition) is 4. The summed E-state index contributed by atoms with van der Waals surface area (Å²) in [6.45, 7) is 7.57. The van der Waals surface area contributed by atoms with Gasteiger partial charge in [-0.15, -0.1) is 0 Å². The van der Waals surface area contributed by atoms with E-state index in [1.54, 1.807) is 19.1 Å². The van der Waals surface area contributed by atoms with E-state index < -0.39 is 18.0 Å². The van der Waals surface area contributed by atoms with Crippen molar-refractivity contribution in [2.75, 3.05) is 6.61 Å². The predicted octanol–water partition coefficient (Wildman–Crippen LogP) is 4.36. The largest absolute Gasteiger partial charge is 0.488 e. The first kappa shape index (κ1) is 20.4. The number of rotatable bonds is 6. The Morgan fingerprint density at radius 3 is 2.42 bits per heavy atom. The molecule has 0 aliphatic carbocycles. The van der Waals surface area contributed by atoms with Gasteiger partial charge in [0.2, 0.25) is 0 Å². The lowest BCUT2D eigenvalue weighted by Crippen LogP contribution is -2.45. The van der Waals surface area contributed by atoms with E-state index in [2.05, 4.69) is 10.6 Å². The first-order chi connectivity index (χ1) is 12.2. The van der Waals surface area contributed by atoms with E-state index in [0.29, 0.717) is 45.7 Å². The minimum atomic E-state index is -0.726. The summed E-state index contributed by atoms with van der Waals surface area (Å²) in [5.41, 5.74) is 1.30. The summed E-state index contributed by atoms with van der Waals surface area (Å²) in [7, 11) is 0. The van der Waals surface area contributed by atoms with Crippen molar-refractivity contribution in [1.82, 2.24) is 10.6 Å². The van der Waals surface area contributed by atoms with Crippen molar-refractivity contribution in [3.63, 3.8) is 0 Å². The van der Waals surface area contributed by atoms with Crippen LogP contribution in [0.15, 0.2) is 23.4 Å². The molecule has 2 rings (SSSR count). The van der Waals surface area contributed by atoms with Crippen molar-refractivity contribution >= 4 is 35.2 Å². The third-order valence-corrected chi connectivity index (χ3v) is 4.20. The molecule has 0 fully saturated rings. The second-order valence-corrected chi connectivity index (χ2v) is 7.00. The summed E-state index contributed by atoms with van der Waals surface area (Å²) >= 11 is 12.6. The Hall–Kier alpha value is -1.92. The standard InChI is InChI=1S/C18H22Cl2N2O4/c1-5-6-25-17(23)14-10(4)21-18(24)22-15(14)11-7-12(19)16(13(20)8-11)26-9(2)3/h7-9,15H,5-6H2,1-4H3,(H2,21,22,24). The van der Waals surface area contributed by atoms with Gasteiger partial charge in [-0.2, -0.15) is 0 Å². The number of amides is 2. The van der Waals surface area contributed by atoms with Crippen LogP contribution in [0.1, 0.15) is 45.7 Å². The molecule has 1 unspecified atom stereocenters. The molecule has 26 heavy (non-hydrogen) atoms. The van der Waals surface area contributed by atoms with Crippen LogP contribution in [-0.4, -0.2) is 24.7 Å². The molecular formula is C18H22Cl2N2O4. The van der Waals surface area contributed by atoms with Crippen LogP contribution in [-0.2, 0) is 9.53 Å². The maximum Gasteiger partial charge on any atom is 0.338 e. The van der Waals surface area contributed by atoms with Crippen LogP contribution in [0.4, 0.5) is 4.79 Å². The van der Waals surface area contributed by atoms with Crippen LogP contribution >= 0.6 is 23.2 Å². The molecule has 1 aliphatic rings. The molecule has 0 saturated heterocycles. The highest BCUT2D eigenvalue weighted by Gasteiger charge is 2.33. The first-order valence-electron chi connectivity index (χ1n) is 8.35. The highest BCUT2D eigenvalue weighted by Crippen LogP contribution is 2.38. The van der Waals surface area contributed by atoms with Crippen molar-refractivity contribution in [2.45, 2.75) is 46.3 Å². The zero-order valence-electron chi connectivity index (χ0n) is 15.1. The molecule has 1 aromatic rings. The number of hydrogen-bond donors (Lipinski definition) is 2. The van der Waals surface area contributed by atoms with Crippen LogP contribution in [0.25, 0.3) is 0 Å². The number of allylic oxidation sites excluding steroid dienone is 1. The minimum Gasteiger partial charge on any atom is -0.488 e. The molecule has 0 spiro atoms. The van der Waals surface area contributed by atoms with Gasteiger partial charge in [0.1, 0.15) is 0 Å². The highest BCUT2D eigenvalue weighted by atomic mass is 35.5. The van der Waals surface area contributed by atoms with Gasteiger partial charge < -0.3 is 20.1 Å². The van der Waals surface area contributed by atoms with Crippen LogP contribution < -0.4 is 15.4 Å². The van der Waals surface area contributed by atoms with E-state index in [1.165, 1.54) is 0 Å². The molecule has 8 heteroatoms. The maximum atomic E-state index is 12.5. The minimum absolute atomic E-state index is 0.101. The fraction of sp³-hybridized carbons (Fsp3) is 0.444. The number of urea groups is 1. The summed E-state index contributed by atoms with van der Waals surface area (Å²) in [5.74, 6) is -0.139. The fourth-order valence-electron chi connectivity index (χ4n) is 2.58. The first-order valence-corrected chi connectivity index (χ1v) is 9.11. The van der Waals surface area contributed by atoms with Crippen molar-refractivity contribution in [1.29, 1.82) is 0 Å². The lowest BCUT2D eigenvalue weighted by Gasteiger charge is -2.28. The number of ether oxygens (including phenoxy) is 2. The average Bonchev–Trinajstić information content (AvgIpc) is 2.54. The van der Waals surface area contributed by atoms with Gasteiger partial charge in [0.05, 0.1) is 34.4 Å². The molecule has 1 heterocycles. The zero-order valence-corrected chi connectivity index (χ0v) is 16.6. The second-order valence-electron chi connectivity index (χ2n) is 6.19. The van der Waals surface area contributed by atoms with E-state index in [4.69, 9.17) is 32.7 Å². The van der Waals surface area contributed by atoms with E-state index in [0.717, 1.165) is 0 Å². The summed E-state index contributed by atoms with van der Waals surface area (Å²) in [6.07, 6.45) is 0.595. The van der Waals surface area contributed by atoms with Gasteiger partial charge in [0.25, 0.3) is 0 Å². The molecular weight excluding hydrogens is 379 g/mol. The highest BCUT2D eigenvalue weighted by molar-refractivity contribution is 6.37. The molecule has 142 valence electrons. The van der Waals surface area contributed by atoms with Gasteiger partial charge in [-0.1, -0.05) is 30.1 Å². The molecule has 0 radical (unpaired) electrons. The number of esters is 1. The van der Waals surface area contributed by atoms with Gasteiger partial charge in [0.15, 0.2) is 5.75 Å². The van der Waals surface area contributed by atoms with Gasteiger partial charge in [0, 0.05) is 5.70 Å². The molecule has 1 aromatic carbocycles. The number of nitrogens with one attached hydrogen (secondary N) is 2. The molecule has 2 N–H and O–H groups in total. The lowest BCUT2D eigenvalue weighted by molar-refractivity contribution is -0.139. The average molecular weight is 401 g/mol. The topological polar surface area (TPSA) is 76.7 Å². The SMILES string of the molecule is CCCOC(=O)C1=C(C)NC(=O)NC1c1cc(Cl)c(OC(C)C)c(Cl)c1. The van der Waals surface area contributed by atoms with Gasteiger partial charge >= 0.3 is 12.0 Å². The molecule has 1 atom stereocenters. The smallest absolute Gasteiger partial charge is 0.338 e. The van der Waals surface area contributed by atoms with Crippen molar-refractivity contribution in [3.05, 3.63) is 39.0 Å². The molecule has 0 aromatic heterocycles. The van der Waals surface area contributed by atoms with E-state index >= 15 is 0 Å². The Morgan fingerprint density at radius 2 is 1.88 bits per heavy atom. The van der Waals surface area contributed by atoms with Crippen molar-refractivity contribution in [2.24, 2.45) is 0 Å². The third kappa shape index (κ3) is 4.62. The normalized spacial score (nSPS) is 17.0. The lowest BCUT2D eigenvalue weighted by atomic mass is 9.95.